The number of halogens is 1. The van der Waals surface area contributed by atoms with Crippen molar-refractivity contribution in [2.75, 3.05) is 26.1 Å². The van der Waals surface area contributed by atoms with E-state index in [0.29, 0.717) is 16.0 Å². The molecular weight excluding hydrogens is 579 g/mol. The van der Waals surface area contributed by atoms with Gasteiger partial charge in [-0.25, -0.2) is 4.39 Å². The number of rotatable bonds is 8. The fraction of sp³-hybridized carbons (Fsp3) is 0.276. The third kappa shape index (κ3) is 8.46. The maximum absolute atomic E-state index is 14.3. The van der Waals surface area contributed by atoms with Gasteiger partial charge in [0.1, 0.15) is 11.9 Å². The summed E-state index contributed by atoms with van der Waals surface area (Å²) in [5, 5.41) is 12.3. The Balaban J connectivity index is 1.79. The lowest BCUT2D eigenvalue weighted by Gasteiger charge is -2.17. The number of carbonyl (C=O) groups is 3. The summed E-state index contributed by atoms with van der Waals surface area (Å²) in [5.41, 5.74) is 10.3. The van der Waals surface area contributed by atoms with Crippen molar-refractivity contribution in [2.45, 2.75) is 31.2 Å². The van der Waals surface area contributed by atoms with Gasteiger partial charge in [-0.3, -0.25) is 29.3 Å². The van der Waals surface area contributed by atoms with Crippen molar-refractivity contribution >= 4 is 68.6 Å². The van der Waals surface area contributed by atoms with Crippen LogP contribution in [-0.2, 0) is 25.2 Å². The summed E-state index contributed by atoms with van der Waals surface area (Å²) in [7, 11) is 2.07. The molecule has 0 fully saturated rings. The van der Waals surface area contributed by atoms with Crippen molar-refractivity contribution in [1.29, 1.82) is 5.41 Å². The summed E-state index contributed by atoms with van der Waals surface area (Å²) in [4.78, 5) is 43.5. The highest BCUT2D eigenvalue weighted by Crippen LogP contribution is 2.44. The molecular formula is C29H33FN6O4S2. The quantitative estimate of drug-likeness (QED) is 0.264. The lowest BCUT2D eigenvalue weighted by molar-refractivity contribution is -0.126. The molecule has 2 aromatic rings. The number of nitrogens with one attached hydrogen (secondary N) is 3. The SMILES string of the molecule is CC(=O)NC(CSC(=O)CC1=C(C)/C(=C/c2ccc(S(C)=O)cc2)c2ccc(F)cc21)C(=O)N/C(N)=N/C(=N)N(C)C. The van der Waals surface area contributed by atoms with Crippen LogP contribution >= 0.6 is 11.8 Å². The summed E-state index contributed by atoms with van der Waals surface area (Å²) in [5.74, 6) is -2.20. The first kappa shape index (κ1) is 32.4. The van der Waals surface area contributed by atoms with Crippen LogP contribution in [0.2, 0.25) is 0 Å². The predicted molar refractivity (Wildman–Crippen MR) is 167 cm³/mol. The first-order valence-corrected chi connectivity index (χ1v) is 15.3. The molecule has 1 aliphatic rings. The number of hydrogen-bond acceptors (Lipinski definition) is 6. The van der Waals surface area contributed by atoms with Crippen LogP contribution in [0.25, 0.3) is 17.2 Å². The Morgan fingerprint density at radius 1 is 1.17 bits per heavy atom. The van der Waals surface area contributed by atoms with Gasteiger partial charge in [-0.2, -0.15) is 4.99 Å². The van der Waals surface area contributed by atoms with Crippen LogP contribution in [0.15, 0.2) is 57.9 Å². The maximum Gasteiger partial charge on any atom is 0.250 e. The van der Waals surface area contributed by atoms with Crippen molar-refractivity contribution in [1.82, 2.24) is 15.5 Å². The lowest BCUT2D eigenvalue weighted by atomic mass is 10.0. The van der Waals surface area contributed by atoms with Gasteiger partial charge in [0.25, 0.3) is 0 Å². The van der Waals surface area contributed by atoms with Crippen molar-refractivity contribution < 1.29 is 23.0 Å². The van der Waals surface area contributed by atoms with E-state index in [1.807, 2.05) is 25.1 Å². The molecule has 2 unspecified atom stereocenters. The Hall–Kier alpha value is -4.10. The van der Waals surface area contributed by atoms with Crippen molar-refractivity contribution in [3.05, 3.63) is 70.5 Å². The first-order valence-electron chi connectivity index (χ1n) is 12.8. The van der Waals surface area contributed by atoms with Gasteiger partial charge in [-0.15, -0.1) is 0 Å². The molecule has 0 spiro atoms. The number of hydrogen-bond donors (Lipinski definition) is 4. The average Bonchev–Trinajstić information content (AvgIpc) is 3.15. The molecule has 42 heavy (non-hydrogen) atoms. The number of fused-ring (bicyclic) bond motifs is 1. The first-order chi connectivity index (χ1) is 19.8. The summed E-state index contributed by atoms with van der Waals surface area (Å²) in [6.45, 7) is 3.11. The van der Waals surface area contributed by atoms with Crippen LogP contribution in [0.1, 0.15) is 37.0 Å². The van der Waals surface area contributed by atoms with E-state index in [1.54, 1.807) is 38.6 Å². The van der Waals surface area contributed by atoms with Crippen LogP contribution in [-0.4, -0.2) is 70.1 Å². The number of allylic oxidation sites excluding steroid dienone is 3. The number of nitrogens with zero attached hydrogens (tertiary/aromatic N) is 2. The second-order valence-electron chi connectivity index (χ2n) is 9.69. The highest BCUT2D eigenvalue weighted by atomic mass is 32.2. The average molecular weight is 613 g/mol. The third-order valence-electron chi connectivity index (χ3n) is 6.30. The molecule has 5 N–H and O–H groups in total. The van der Waals surface area contributed by atoms with Crippen molar-refractivity contribution in [3.63, 3.8) is 0 Å². The number of thioether (sulfide) groups is 1. The maximum atomic E-state index is 14.3. The van der Waals surface area contributed by atoms with Crippen LogP contribution in [0.3, 0.4) is 0 Å². The van der Waals surface area contributed by atoms with E-state index in [-0.39, 0.29) is 29.2 Å². The van der Waals surface area contributed by atoms with E-state index < -0.39 is 34.5 Å². The zero-order valence-electron chi connectivity index (χ0n) is 23.9. The van der Waals surface area contributed by atoms with E-state index in [9.17, 15) is 23.0 Å². The van der Waals surface area contributed by atoms with Crippen molar-refractivity contribution in [3.8, 4) is 0 Å². The highest BCUT2D eigenvalue weighted by Gasteiger charge is 2.27. The van der Waals surface area contributed by atoms with Crippen molar-refractivity contribution in [2.24, 2.45) is 10.7 Å². The minimum Gasteiger partial charge on any atom is -0.369 e. The van der Waals surface area contributed by atoms with Gasteiger partial charge in [0.2, 0.25) is 23.7 Å². The number of guanidine groups is 2. The molecule has 2 amide bonds. The van der Waals surface area contributed by atoms with E-state index in [1.165, 1.54) is 24.0 Å². The Bertz CT molecular complexity index is 1530. The van der Waals surface area contributed by atoms with Gasteiger partial charge in [-0.1, -0.05) is 30.0 Å². The smallest absolute Gasteiger partial charge is 0.250 e. The Morgan fingerprint density at radius 3 is 2.43 bits per heavy atom. The molecule has 0 saturated heterocycles. The summed E-state index contributed by atoms with van der Waals surface area (Å²) < 4.78 is 26.0. The Morgan fingerprint density at radius 2 is 1.83 bits per heavy atom. The zero-order chi connectivity index (χ0) is 31.1. The second kappa shape index (κ2) is 14.2. The van der Waals surface area contributed by atoms with E-state index >= 15 is 0 Å². The minimum atomic E-state index is -1.10. The number of aliphatic imine (C=N–C) groups is 1. The number of carbonyl (C=O) groups excluding carboxylic acids is 3. The second-order valence-corrected chi connectivity index (χ2v) is 12.1. The van der Waals surface area contributed by atoms with Gasteiger partial charge < -0.3 is 16.0 Å². The fourth-order valence-electron chi connectivity index (χ4n) is 4.16. The normalized spacial score (nSPS) is 15.2. The summed E-state index contributed by atoms with van der Waals surface area (Å²) >= 11 is 0.856. The highest BCUT2D eigenvalue weighted by molar-refractivity contribution is 8.13. The van der Waals surface area contributed by atoms with Gasteiger partial charge in [0.05, 0.1) is 0 Å². The van der Waals surface area contributed by atoms with E-state index in [0.717, 1.165) is 34.0 Å². The monoisotopic (exact) mass is 612 g/mol. The van der Waals surface area contributed by atoms with Gasteiger partial charge in [0.15, 0.2) is 5.12 Å². The fourth-order valence-corrected chi connectivity index (χ4v) is 5.51. The van der Waals surface area contributed by atoms with Gasteiger partial charge >= 0.3 is 0 Å². The van der Waals surface area contributed by atoms with E-state index in [2.05, 4.69) is 15.6 Å². The topological polar surface area (TPSA) is 158 Å². The lowest BCUT2D eigenvalue weighted by Crippen LogP contribution is -2.51. The Labute approximate surface area is 250 Å². The minimum absolute atomic E-state index is 0.0317. The standard InChI is InChI=1S/C29H33FN6O4S2/c1-16-22(12-18-6-9-20(10-7-18)42(5)40)21-11-8-19(30)13-24(21)23(16)14-26(38)41-15-25(33-17(2)37)27(39)34-28(31)35-29(32)36(3)4/h6-13,25H,14-15H2,1-5H3,(H,33,37)(H4,31,32,34,35,39)/b22-12-. The third-order valence-corrected chi connectivity index (χ3v) is 8.21. The molecule has 3 rings (SSSR count). The molecule has 1 aliphatic carbocycles. The van der Waals surface area contributed by atoms with Gasteiger partial charge in [-0.05, 0) is 70.7 Å². The summed E-state index contributed by atoms with van der Waals surface area (Å²) in [6, 6.07) is 10.6. The summed E-state index contributed by atoms with van der Waals surface area (Å²) in [6.07, 6.45) is 3.52. The van der Waals surface area contributed by atoms with Gasteiger partial charge in [0, 0.05) is 55.1 Å². The predicted octanol–water partition coefficient (Wildman–Crippen LogP) is 2.97. The Kier molecular flexibility index (Phi) is 10.9. The molecule has 0 heterocycles. The van der Waals surface area contributed by atoms with Crippen LogP contribution in [0.4, 0.5) is 4.39 Å². The molecule has 0 bridgehead atoms. The molecule has 0 aromatic heterocycles. The largest absolute Gasteiger partial charge is 0.369 e. The van der Waals surface area contributed by atoms with Crippen LogP contribution < -0.4 is 16.4 Å². The van der Waals surface area contributed by atoms with Crippen LogP contribution in [0.5, 0.6) is 0 Å². The number of nitrogens with two attached hydrogens (primary N) is 1. The molecule has 0 aliphatic heterocycles. The molecule has 10 nitrogen and oxygen atoms in total. The molecule has 2 atom stereocenters. The molecule has 222 valence electrons. The molecule has 2 aromatic carbocycles. The van der Waals surface area contributed by atoms with E-state index in [4.69, 9.17) is 11.1 Å². The molecule has 0 radical (unpaired) electrons. The number of benzene rings is 2. The zero-order valence-corrected chi connectivity index (χ0v) is 25.5. The molecule has 0 saturated carbocycles. The molecule has 13 heteroatoms. The van der Waals surface area contributed by atoms with Crippen LogP contribution in [0, 0.1) is 11.2 Å². The number of amides is 2.